The summed E-state index contributed by atoms with van der Waals surface area (Å²) in [5, 5.41) is 5.36. The van der Waals surface area contributed by atoms with Gasteiger partial charge in [0.25, 0.3) is 16.0 Å². The predicted octanol–water partition coefficient (Wildman–Crippen LogP) is 5.18. The average molecular weight is 585 g/mol. The first-order valence-corrected chi connectivity index (χ1v) is 12.4. The molecular weight excluding hydrogens is 566 g/mol. The van der Waals surface area contributed by atoms with Crippen LogP contribution in [0.25, 0.3) is 0 Å². The third kappa shape index (κ3) is 6.50. The molecule has 1 aromatic heterocycles. The number of likely N-dealkylation sites (N-methyl/N-ethyl adjacent to an activating group) is 2. The molecular formula is C21H19Cl2F5N6O2S. The Bertz CT molecular complexity index is 1380. The second kappa shape index (κ2) is 11.2. The molecule has 0 saturated heterocycles. The van der Waals surface area contributed by atoms with Gasteiger partial charge in [0.15, 0.2) is 5.82 Å². The lowest BCUT2D eigenvalue weighted by Gasteiger charge is -2.25. The molecule has 0 saturated carbocycles. The van der Waals surface area contributed by atoms with Crippen molar-refractivity contribution in [1.29, 1.82) is 0 Å². The van der Waals surface area contributed by atoms with Crippen LogP contribution < -0.4 is 19.4 Å². The van der Waals surface area contributed by atoms with Gasteiger partial charge in [-0.1, -0.05) is 11.6 Å². The molecule has 0 amide bonds. The number of benzene rings is 2. The molecule has 0 fully saturated rings. The van der Waals surface area contributed by atoms with Gasteiger partial charge in [0.05, 0.1) is 40.0 Å². The molecule has 200 valence electrons. The fraction of sp³-hybridized carbons (Fsp3) is 0.238. The summed E-state index contributed by atoms with van der Waals surface area (Å²) in [5.74, 6) is -2.77. The lowest BCUT2D eigenvalue weighted by molar-refractivity contribution is -0.137. The van der Waals surface area contributed by atoms with E-state index < -0.39 is 44.2 Å². The van der Waals surface area contributed by atoms with E-state index in [1.165, 1.54) is 0 Å². The minimum absolute atomic E-state index is 0.0268. The molecule has 0 aliphatic carbocycles. The number of halogens is 7. The van der Waals surface area contributed by atoms with Crippen molar-refractivity contribution in [2.24, 2.45) is 0 Å². The van der Waals surface area contributed by atoms with Crippen molar-refractivity contribution in [3.63, 3.8) is 0 Å². The van der Waals surface area contributed by atoms with Gasteiger partial charge in [-0.2, -0.15) is 21.6 Å². The molecule has 0 aliphatic rings. The van der Waals surface area contributed by atoms with Crippen molar-refractivity contribution in [3.8, 4) is 0 Å². The van der Waals surface area contributed by atoms with Gasteiger partial charge >= 0.3 is 6.18 Å². The number of hydrogen-bond donors (Lipinski definition) is 2. The van der Waals surface area contributed by atoms with E-state index in [9.17, 15) is 30.4 Å². The molecule has 0 spiro atoms. The SMILES string of the molecule is CNCCN(C)c1cc(C(F)(F)F)ccc1Nc1cc(F)c(S(=O)(=O)N(Cl)c2ncc(F)cn2)cc1Cl. The Hall–Kier alpha value is -2.94. The number of hydrogen-bond acceptors (Lipinski definition) is 7. The highest BCUT2D eigenvalue weighted by Crippen LogP contribution is 2.39. The standard InChI is InChI=1S/C21H19Cl2F5N6O2S/c1-29-5-6-33(2)18-7-12(21(26,27)28)3-4-16(18)32-17-9-15(25)19(8-14(17)22)37(35,36)34(23)20-30-10-13(24)11-31-20/h3-4,7-11,29,32H,5-6H2,1-2H3. The zero-order valence-corrected chi connectivity index (χ0v) is 21.4. The first-order chi connectivity index (χ1) is 17.3. The van der Waals surface area contributed by atoms with E-state index in [1.807, 2.05) is 0 Å². The summed E-state index contributed by atoms with van der Waals surface area (Å²) in [6.07, 6.45) is -3.27. The Balaban J connectivity index is 1.99. The molecule has 16 heteroatoms. The lowest BCUT2D eigenvalue weighted by Crippen LogP contribution is -2.28. The fourth-order valence-electron chi connectivity index (χ4n) is 3.09. The van der Waals surface area contributed by atoms with Gasteiger partial charge in [-0.15, -0.1) is 3.82 Å². The molecule has 0 atom stereocenters. The molecule has 3 rings (SSSR count). The number of nitrogens with zero attached hydrogens (tertiary/aromatic N) is 4. The van der Waals surface area contributed by atoms with Crippen LogP contribution in [0.5, 0.6) is 0 Å². The van der Waals surface area contributed by atoms with Crippen LogP contribution in [0.4, 0.5) is 45.0 Å². The first kappa shape index (κ1) is 28.6. The summed E-state index contributed by atoms with van der Waals surface area (Å²) in [4.78, 5) is 7.48. The number of rotatable bonds is 9. The van der Waals surface area contributed by atoms with Crippen molar-refractivity contribution >= 4 is 56.4 Å². The molecule has 0 aliphatic heterocycles. The third-order valence-corrected chi connectivity index (χ3v) is 7.44. The zero-order valence-electron chi connectivity index (χ0n) is 19.1. The summed E-state index contributed by atoms with van der Waals surface area (Å²) >= 11 is 12.0. The molecule has 2 N–H and O–H groups in total. The quantitative estimate of drug-likeness (QED) is 0.265. The minimum atomic E-state index is -4.78. The van der Waals surface area contributed by atoms with Crippen LogP contribution in [0.1, 0.15) is 5.56 Å². The summed E-state index contributed by atoms with van der Waals surface area (Å²) in [6.45, 7) is 0.795. The van der Waals surface area contributed by atoms with Crippen LogP contribution in [0.2, 0.25) is 5.02 Å². The van der Waals surface area contributed by atoms with Crippen molar-refractivity contribution in [1.82, 2.24) is 15.3 Å². The summed E-state index contributed by atoms with van der Waals surface area (Å²) < 4.78 is 93.6. The molecule has 0 unspecified atom stereocenters. The fourth-order valence-corrected chi connectivity index (χ4v) is 4.73. The normalized spacial score (nSPS) is 11.9. The van der Waals surface area contributed by atoms with E-state index in [2.05, 4.69) is 20.6 Å². The van der Waals surface area contributed by atoms with Crippen molar-refractivity contribution in [2.45, 2.75) is 11.1 Å². The molecule has 0 bridgehead atoms. The first-order valence-electron chi connectivity index (χ1n) is 10.3. The predicted molar refractivity (Wildman–Crippen MR) is 131 cm³/mol. The van der Waals surface area contributed by atoms with Crippen molar-refractivity contribution in [2.75, 3.05) is 41.2 Å². The molecule has 3 aromatic rings. The van der Waals surface area contributed by atoms with Gasteiger partial charge in [-0.25, -0.2) is 18.7 Å². The molecule has 37 heavy (non-hydrogen) atoms. The van der Waals surface area contributed by atoms with Crippen molar-refractivity contribution in [3.05, 3.63) is 64.9 Å². The Morgan fingerprint density at radius 3 is 2.30 bits per heavy atom. The van der Waals surface area contributed by atoms with Crippen LogP contribution >= 0.6 is 23.4 Å². The van der Waals surface area contributed by atoms with E-state index in [0.717, 1.165) is 30.3 Å². The lowest BCUT2D eigenvalue weighted by atomic mass is 10.1. The zero-order chi connectivity index (χ0) is 27.5. The Kier molecular flexibility index (Phi) is 8.67. The van der Waals surface area contributed by atoms with E-state index >= 15 is 0 Å². The van der Waals surface area contributed by atoms with Gasteiger partial charge in [-0.05, 0) is 31.3 Å². The number of sulfonamides is 1. The second-order valence-electron chi connectivity index (χ2n) is 7.56. The molecule has 2 aromatic carbocycles. The molecule has 0 radical (unpaired) electrons. The van der Waals surface area contributed by atoms with Crippen molar-refractivity contribution < 1.29 is 30.4 Å². The number of anilines is 4. The Morgan fingerprint density at radius 2 is 1.70 bits per heavy atom. The summed E-state index contributed by atoms with van der Waals surface area (Å²) in [6, 6.07) is 4.44. The molecule has 1 heterocycles. The summed E-state index contributed by atoms with van der Waals surface area (Å²) in [5.41, 5.74) is -0.727. The summed E-state index contributed by atoms with van der Waals surface area (Å²) in [7, 11) is -1.52. The van der Waals surface area contributed by atoms with Crippen LogP contribution in [0.15, 0.2) is 47.6 Å². The number of alkyl halides is 3. The average Bonchev–Trinajstić information content (AvgIpc) is 2.84. The minimum Gasteiger partial charge on any atom is -0.372 e. The van der Waals surface area contributed by atoms with Gasteiger partial charge < -0.3 is 15.5 Å². The number of nitrogens with one attached hydrogen (secondary N) is 2. The van der Waals surface area contributed by atoms with Crippen LogP contribution in [-0.2, 0) is 16.2 Å². The van der Waals surface area contributed by atoms with Gasteiger partial charge in [0, 0.05) is 38.0 Å². The van der Waals surface area contributed by atoms with Crippen LogP contribution in [0.3, 0.4) is 0 Å². The highest BCUT2D eigenvalue weighted by atomic mass is 35.5. The van der Waals surface area contributed by atoms with E-state index in [4.69, 9.17) is 23.4 Å². The van der Waals surface area contributed by atoms with Crippen LogP contribution in [-0.4, -0.2) is 45.6 Å². The van der Waals surface area contributed by atoms with Crippen LogP contribution in [0, 0.1) is 11.6 Å². The van der Waals surface area contributed by atoms with Gasteiger partial charge in [0.2, 0.25) is 0 Å². The monoisotopic (exact) mass is 584 g/mol. The third-order valence-electron chi connectivity index (χ3n) is 4.98. The molecule has 8 nitrogen and oxygen atoms in total. The Morgan fingerprint density at radius 1 is 1.05 bits per heavy atom. The maximum absolute atomic E-state index is 15.0. The highest BCUT2D eigenvalue weighted by Gasteiger charge is 2.32. The largest absolute Gasteiger partial charge is 0.416 e. The van der Waals surface area contributed by atoms with E-state index in [0.29, 0.717) is 25.5 Å². The van der Waals surface area contributed by atoms with E-state index in [1.54, 1.807) is 19.0 Å². The Labute approximate surface area is 219 Å². The number of aromatic nitrogens is 2. The smallest absolute Gasteiger partial charge is 0.372 e. The maximum atomic E-state index is 15.0. The van der Waals surface area contributed by atoms with Gasteiger partial charge in [-0.3, -0.25) is 0 Å². The van der Waals surface area contributed by atoms with E-state index in [-0.39, 0.29) is 25.9 Å². The maximum Gasteiger partial charge on any atom is 0.416 e. The topological polar surface area (TPSA) is 90.5 Å². The van der Waals surface area contributed by atoms with Gasteiger partial charge in [0.1, 0.15) is 10.7 Å². The second-order valence-corrected chi connectivity index (χ2v) is 10.3. The highest BCUT2D eigenvalue weighted by molar-refractivity contribution is 7.94.